The maximum Gasteiger partial charge on any atom is 0.343 e. The first-order chi connectivity index (χ1) is 9.58. The molecule has 0 radical (unpaired) electrons. The van der Waals surface area contributed by atoms with Crippen LogP contribution in [0, 0.1) is 6.92 Å². The summed E-state index contributed by atoms with van der Waals surface area (Å²) in [6.07, 6.45) is 1.49. The molecule has 1 aromatic heterocycles. The van der Waals surface area contributed by atoms with Gasteiger partial charge in [0.25, 0.3) is 0 Å². The fraction of sp³-hybridized carbons (Fsp3) is 0.333. The van der Waals surface area contributed by atoms with Crippen molar-refractivity contribution < 1.29 is 14.3 Å². The number of pyridine rings is 1. The highest BCUT2D eigenvalue weighted by Crippen LogP contribution is 2.33. The van der Waals surface area contributed by atoms with Crippen LogP contribution in [-0.4, -0.2) is 24.2 Å². The predicted octanol–water partition coefficient (Wildman–Crippen LogP) is 3.77. The zero-order chi connectivity index (χ0) is 14.7. The maximum absolute atomic E-state index is 12.0. The molecule has 4 nitrogen and oxygen atoms in total. The molecule has 0 saturated heterocycles. The molecule has 0 aliphatic carbocycles. The Kier molecular flexibility index (Phi) is 4.45. The molecule has 1 heterocycles. The number of fused-ring (bicyclic) bond motifs is 1. The first kappa shape index (κ1) is 14.6. The van der Waals surface area contributed by atoms with Crippen LogP contribution in [0.5, 0.6) is 5.75 Å². The van der Waals surface area contributed by atoms with Crippen LogP contribution in [0.1, 0.15) is 29.8 Å². The number of hydrogen-bond acceptors (Lipinski definition) is 4. The van der Waals surface area contributed by atoms with E-state index in [1.165, 1.54) is 6.20 Å². The Morgan fingerprint density at radius 2 is 2.05 bits per heavy atom. The van der Waals surface area contributed by atoms with Crippen molar-refractivity contribution in [3.63, 3.8) is 0 Å². The second-order valence-electron chi connectivity index (χ2n) is 4.27. The molecule has 2 rings (SSSR count). The van der Waals surface area contributed by atoms with Crippen molar-refractivity contribution in [3.05, 3.63) is 34.5 Å². The number of nitrogens with zero attached hydrogens (tertiary/aromatic N) is 1. The van der Waals surface area contributed by atoms with Gasteiger partial charge in [-0.2, -0.15) is 0 Å². The van der Waals surface area contributed by atoms with E-state index in [2.05, 4.69) is 4.98 Å². The molecule has 0 bridgehead atoms. The van der Waals surface area contributed by atoms with Gasteiger partial charge in [0, 0.05) is 16.6 Å². The first-order valence-electron chi connectivity index (χ1n) is 6.47. The predicted molar refractivity (Wildman–Crippen MR) is 78.6 cm³/mol. The van der Waals surface area contributed by atoms with Crippen molar-refractivity contribution >= 4 is 28.5 Å². The Morgan fingerprint density at radius 3 is 2.70 bits per heavy atom. The largest absolute Gasteiger partial charge is 0.492 e. The summed E-state index contributed by atoms with van der Waals surface area (Å²) >= 11 is 6.09. The number of esters is 1. The SMILES string of the molecule is CCOC(=O)c1cnc2c(C)cc(Cl)cc2c1OCC. The highest BCUT2D eigenvalue weighted by atomic mass is 35.5. The molecule has 0 saturated carbocycles. The monoisotopic (exact) mass is 293 g/mol. The van der Waals surface area contributed by atoms with Gasteiger partial charge in [0.1, 0.15) is 11.3 Å². The van der Waals surface area contributed by atoms with Crippen LogP contribution in [0.4, 0.5) is 0 Å². The van der Waals surface area contributed by atoms with Gasteiger partial charge in [-0.25, -0.2) is 4.79 Å². The minimum atomic E-state index is -0.442. The number of ether oxygens (including phenoxy) is 2. The molecule has 0 unspecified atom stereocenters. The zero-order valence-electron chi connectivity index (χ0n) is 11.7. The van der Waals surface area contributed by atoms with E-state index in [-0.39, 0.29) is 0 Å². The third kappa shape index (κ3) is 2.70. The lowest BCUT2D eigenvalue weighted by Crippen LogP contribution is -2.09. The van der Waals surface area contributed by atoms with Crippen LogP contribution < -0.4 is 4.74 Å². The molecule has 0 aliphatic heterocycles. The molecule has 5 heteroatoms. The number of halogens is 1. The molecule has 20 heavy (non-hydrogen) atoms. The van der Waals surface area contributed by atoms with Gasteiger partial charge < -0.3 is 9.47 Å². The molecule has 0 atom stereocenters. The molecule has 1 aromatic carbocycles. The van der Waals surface area contributed by atoms with E-state index < -0.39 is 5.97 Å². The molecule has 2 aromatic rings. The molecule has 0 fully saturated rings. The van der Waals surface area contributed by atoms with Crippen molar-refractivity contribution in [1.29, 1.82) is 0 Å². The lowest BCUT2D eigenvalue weighted by atomic mass is 10.1. The summed E-state index contributed by atoms with van der Waals surface area (Å²) < 4.78 is 10.7. The van der Waals surface area contributed by atoms with Crippen molar-refractivity contribution in [1.82, 2.24) is 4.98 Å². The minimum absolute atomic E-state index is 0.303. The van der Waals surface area contributed by atoms with Gasteiger partial charge in [0.2, 0.25) is 0 Å². The Balaban J connectivity index is 2.71. The summed E-state index contributed by atoms with van der Waals surface area (Å²) in [5.41, 5.74) is 2.03. The normalized spacial score (nSPS) is 10.6. The van der Waals surface area contributed by atoms with E-state index in [0.29, 0.717) is 29.5 Å². The number of rotatable bonds is 4. The van der Waals surface area contributed by atoms with E-state index in [4.69, 9.17) is 21.1 Å². The Morgan fingerprint density at radius 1 is 1.30 bits per heavy atom. The average Bonchev–Trinajstić information content (AvgIpc) is 2.39. The van der Waals surface area contributed by atoms with Gasteiger partial charge in [0.05, 0.1) is 18.7 Å². The molecular weight excluding hydrogens is 278 g/mol. The number of hydrogen-bond donors (Lipinski definition) is 0. The number of aromatic nitrogens is 1. The van der Waals surface area contributed by atoms with Gasteiger partial charge in [-0.05, 0) is 38.5 Å². The summed E-state index contributed by atoms with van der Waals surface area (Å²) in [5.74, 6) is 0.0320. The maximum atomic E-state index is 12.0. The summed E-state index contributed by atoms with van der Waals surface area (Å²) in [5, 5.41) is 1.31. The number of carbonyl (C=O) groups is 1. The summed E-state index contributed by atoms with van der Waals surface area (Å²) in [6.45, 7) is 6.28. The molecule has 0 N–H and O–H groups in total. The third-order valence-corrected chi connectivity index (χ3v) is 3.08. The lowest BCUT2D eigenvalue weighted by molar-refractivity contribution is 0.0522. The van der Waals surface area contributed by atoms with Gasteiger partial charge in [-0.15, -0.1) is 0 Å². The summed E-state index contributed by atoms with van der Waals surface area (Å²) in [6, 6.07) is 3.58. The molecule has 0 spiro atoms. The van der Waals surface area contributed by atoms with Crippen molar-refractivity contribution in [2.45, 2.75) is 20.8 Å². The van der Waals surface area contributed by atoms with Crippen molar-refractivity contribution in [2.75, 3.05) is 13.2 Å². The Labute approximate surface area is 122 Å². The quantitative estimate of drug-likeness (QED) is 0.805. The minimum Gasteiger partial charge on any atom is -0.492 e. The third-order valence-electron chi connectivity index (χ3n) is 2.86. The fourth-order valence-electron chi connectivity index (χ4n) is 2.07. The average molecular weight is 294 g/mol. The summed E-state index contributed by atoms with van der Waals surface area (Å²) in [4.78, 5) is 16.3. The standard InChI is InChI=1S/C15H16ClNO3/c1-4-19-14-11-7-10(16)6-9(3)13(11)17-8-12(14)15(18)20-5-2/h6-8H,4-5H2,1-3H3. The van der Waals surface area contributed by atoms with Crippen LogP contribution in [0.3, 0.4) is 0 Å². The smallest absolute Gasteiger partial charge is 0.343 e. The van der Waals surface area contributed by atoms with Crippen LogP contribution in [0.15, 0.2) is 18.3 Å². The Hall–Kier alpha value is -1.81. The van der Waals surface area contributed by atoms with Crippen molar-refractivity contribution in [3.8, 4) is 5.75 Å². The number of carbonyl (C=O) groups excluding carboxylic acids is 1. The number of aryl methyl sites for hydroxylation is 1. The fourth-order valence-corrected chi connectivity index (χ4v) is 2.34. The molecular formula is C15H16ClNO3. The molecule has 0 amide bonds. The van der Waals surface area contributed by atoms with Gasteiger partial charge in [0.15, 0.2) is 0 Å². The van der Waals surface area contributed by atoms with Crippen LogP contribution >= 0.6 is 11.6 Å². The van der Waals surface area contributed by atoms with Crippen molar-refractivity contribution in [2.24, 2.45) is 0 Å². The highest BCUT2D eigenvalue weighted by Gasteiger charge is 2.18. The van der Waals surface area contributed by atoms with E-state index in [9.17, 15) is 4.79 Å². The zero-order valence-corrected chi connectivity index (χ0v) is 12.5. The van der Waals surface area contributed by atoms with Crippen LogP contribution in [0.25, 0.3) is 10.9 Å². The second-order valence-corrected chi connectivity index (χ2v) is 4.71. The highest BCUT2D eigenvalue weighted by molar-refractivity contribution is 6.31. The second kappa shape index (κ2) is 6.09. The van der Waals surface area contributed by atoms with E-state index in [1.807, 2.05) is 19.9 Å². The Bertz CT molecular complexity index is 655. The molecule has 0 aliphatic rings. The van der Waals surface area contributed by atoms with E-state index in [1.54, 1.807) is 13.0 Å². The number of benzene rings is 1. The lowest BCUT2D eigenvalue weighted by Gasteiger charge is -2.13. The topological polar surface area (TPSA) is 48.4 Å². The summed E-state index contributed by atoms with van der Waals surface area (Å²) in [7, 11) is 0. The van der Waals surface area contributed by atoms with Gasteiger partial charge in [-0.1, -0.05) is 11.6 Å². The van der Waals surface area contributed by atoms with Crippen LogP contribution in [-0.2, 0) is 4.74 Å². The molecule has 106 valence electrons. The first-order valence-corrected chi connectivity index (χ1v) is 6.85. The van der Waals surface area contributed by atoms with E-state index in [0.717, 1.165) is 16.5 Å². The van der Waals surface area contributed by atoms with Crippen LogP contribution in [0.2, 0.25) is 5.02 Å². The van der Waals surface area contributed by atoms with Gasteiger partial charge >= 0.3 is 5.97 Å². The van der Waals surface area contributed by atoms with E-state index >= 15 is 0 Å². The van der Waals surface area contributed by atoms with Gasteiger partial charge in [-0.3, -0.25) is 4.98 Å².